The maximum absolute atomic E-state index is 12.5. The maximum atomic E-state index is 12.5. The first-order chi connectivity index (χ1) is 17.0. The fraction of sp³-hybridized carbons (Fsp3) is 0.333. The second-order valence-corrected chi connectivity index (χ2v) is 15.2. The van der Waals surface area contributed by atoms with Gasteiger partial charge in [0.1, 0.15) is 17.7 Å². The number of amides is 1. The molecule has 0 radical (unpaired) electrons. The number of benzene rings is 2. The Labute approximate surface area is 212 Å². The standard InChI is InChI=1S/C27H33N5O3Si/c1-19-10-12-21(13-11-19)26-29-24(18-34-26)25(33)28-15-22-17-32(31-30-22)16-20-8-7-9-23(14-20)35-36(5,6)27(2,3)4/h7-14,17-18H,15-16H2,1-6H3,(H,28,33). The lowest BCUT2D eigenvalue weighted by molar-refractivity contribution is 0.0945. The third-order valence-electron chi connectivity index (χ3n) is 6.47. The van der Waals surface area contributed by atoms with Gasteiger partial charge in [0.15, 0.2) is 5.69 Å². The summed E-state index contributed by atoms with van der Waals surface area (Å²) in [5.41, 5.74) is 3.90. The number of hydrogen-bond acceptors (Lipinski definition) is 6. The predicted molar refractivity (Wildman–Crippen MR) is 141 cm³/mol. The molecule has 0 spiro atoms. The second-order valence-electron chi connectivity index (χ2n) is 10.5. The quantitative estimate of drug-likeness (QED) is 0.314. The Morgan fingerprint density at radius 1 is 1.14 bits per heavy atom. The lowest BCUT2D eigenvalue weighted by atomic mass is 10.1. The van der Waals surface area contributed by atoms with E-state index in [9.17, 15) is 4.79 Å². The summed E-state index contributed by atoms with van der Waals surface area (Å²) >= 11 is 0. The van der Waals surface area contributed by atoms with E-state index < -0.39 is 8.32 Å². The number of carbonyl (C=O) groups excluding carboxylic acids is 1. The van der Waals surface area contributed by atoms with Crippen molar-refractivity contribution in [1.29, 1.82) is 0 Å². The molecule has 0 atom stereocenters. The van der Waals surface area contributed by atoms with Crippen LogP contribution in [0.5, 0.6) is 5.75 Å². The number of nitrogens with one attached hydrogen (secondary N) is 1. The van der Waals surface area contributed by atoms with Crippen molar-refractivity contribution in [3.63, 3.8) is 0 Å². The summed E-state index contributed by atoms with van der Waals surface area (Å²) in [7, 11) is -1.91. The number of aromatic nitrogens is 4. The lowest BCUT2D eigenvalue weighted by Crippen LogP contribution is -2.43. The Bertz CT molecular complexity index is 1340. The molecule has 2 aromatic heterocycles. The smallest absolute Gasteiger partial charge is 0.273 e. The Hall–Kier alpha value is -3.72. The molecule has 0 saturated heterocycles. The van der Waals surface area contributed by atoms with Gasteiger partial charge < -0.3 is 14.2 Å². The zero-order chi connectivity index (χ0) is 25.9. The monoisotopic (exact) mass is 503 g/mol. The van der Waals surface area contributed by atoms with Crippen molar-refractivity contribution in [1.82, 2.24) is 25.3 Å². The van der Waals surface area contributed by atoms with Crippen LogP contribution in [0.25, 0.3) is 11.5 Å². The summed E-state index contributed by atoms with van der Waals surface area (Å²) in [4.78, 5) is 16.8. The summed E-state index contributed by atoms with van der Waals surface area (Å²) in [5, 5.41) is 11.3. The van der Waals surface area contributed by atoms with Gasteiger partial charge in [-0.25, -0.2) is 9.67 Å². The minimum absolute atomic E-state index is 0.127. The summed E-state index contributed by atoms with van der Waals surface area (Å²) in [6.45, 7) is 14.0. The van der Waals surface area contributed by atoms with Gasteiger partial charge in [0.05, 0.1) is 19.3 Å². The first-order valence-electron chi connectivity index (χ1n) is 12.0. The number of aryl methyl sites for hydroxylation is 1. The van der Waals surface area contributed by atoms with Gasteiger partial charge in [-0.15, -0.1) is 5.10 Å². The van der Waals surface area contributed by atoms with Crippen LogP contribution in [-0.4, -0.2) is 34.2 Å². The zero-order valence-corrected chi connectivity index (χ0v) is 22.7. The van der Waals surface area contributed by atoms with Crippen LogP contribution < -0.4 is 9.74 Å². The maximum Gasteiger partial charge on any atom is 0.273 e. The van der Waals surface area contributed by atoms with E-state index in [1.807, 2.05) is 55.6 Å². The average Bonchev–Trinajstić information content (AvgIpc) is 3.47. The highest BCUT2D eigenvalue weighted by molar-refractivity contribution is 6.74. The number of carbonyl (C=O) groups is 1. The number of oxazole rings is 1. The van der Waals surface area contributed by atoms with E-state index >= 15 is 0 Å². The van der Waals surface area contributed by atoms with Crippen LogP contribution in [0.15, 0.2) is 65.4 Å². The molecular formula is C27H33N5O3Si. The molecule has 2 aromatic carbocycles. The van der Waals surface area contributed by atoms with Gasteiger partial charge in [-0.2, -0.15) is 0 Å². The summed E-state index contributed by atoms with van der Waals surface area (Å²) in [6.07, 6.45) is 3.18. The van der Waals surface area contributed by atoms with Gasteiger partial charge in [0.2, 0.25) is 14.2 Å². The zero-order valence-electron chi connectivity index (χ0n) is 21.7. The highest BCUT2D eigenvalue weighted by atomic mass is 28.4. The Morgan fingerprint density at radius 3 is 2.61 bits per heavy atom. The van der Waals surface area contributed by atoms with Gasteiger partial charge in [-0.1, -0.05) is 55.8 Å². The molecule has 2 heterocycles. The molecule has 0 bridgehead atoms. The molecule has 9 heteroatoms. The molecule has 0 fully saturated rings. The molecule has 8 nitrogen and oxygen atoms in total. The molecule has 0 unspecified atom stereocenters. The second kappa shape index (κ2) is 10.1. The van der Waals surface area contributed by atoms with Crippen molar-refractivity contribution in [3.05, 3.63) is 83.5 Å². The SMILES string of the molecule is Cc1ccc(-c2nc(C(=O)NCc3cn(Cc4cccc(O[Si](C)(C)C(C)(C)C)c4)nn3)co2)cc1. The van der Waals surface area contributed by atoms with Gasteiger partial charge >= 0.3 is 0 Å². The Morgan fingerprint density at radius 2 is 1.89 bits per heavy atom. The third-order valence-corrected chi connectivity index (χ3v) is 10.8. The van der Waals surface area contributed by atoms with Crippen molar-refractivity contribution < 1.29 is 13.6 Å². The summed E-state index contributed by atoms with van der Waals surface area (Å²) < 4.78 is 13.7. The van der Waals surface area contributed by atoms with Crippen LogP contribution >= 0.6 is 0 Å². The topological polar surface area (TPSA) is 95.1 Å². The van der Waals surface area contributed by atoms with E-state index in [2.05, 4.69) is 60.5 Å². The minimum atomic E-state index is -1.91. The van der Waals surface area contributed by atoms with Crippen LogP contribution in [0.4, 0.5) is 0 Å². The molecule has 188 valence electrons. The Kier molecular flexibility index (Phi) is 7.12. The van der Waals surface area contributed by atoms with E-state index in [-0.39, 0.29) is 23.2 Å². The molecule has 1 N–H and O–H groups in total. The van der Waals surface area contributed by atoms with E-state index in [1.54, 1.807) is 4.68 Å². The minimum Gasteiger partial charge on any atom is -0.543 e. The van der Waals surface area contributed by atoms with E-state index in [0.717, 1.165) is 22.4 Å². The van der Waals surface area contributed by atoms with Gasteiger partial charge in [0, 0.05) is 5.56 Å². The van der Waals surface area contributed by atoms with Crippen LogP contribution in [0.3, 0.4) is 0 Å². The molecule has 1 amide bonds. The lowest BCUT2D eigenvalue weighted by Gasteiger charge is -2.36. The fourth-order valence-electron chi connectivity index (χ4n) is 3.31. The van der Waals surface area contributed by atoms with Crippen LogP contribution in [0, 0.1) is 6.92 Å². The number of hydrogen-bond donors (Lipinski definition) is 1. The molecule has 0 aliphatic heterocycles. The van der Waals surface area contributed by atoms with Crippen LogP contribution in [-0.2, 0) is 13.1 Å². The van der Waals surface area contributed by atoms with Gasteiger partial charge in [-0.3, -0.25) is 4.79 Å². The van der Waals surface area contributed by atoms with E-state index in [4.69, 9.17) is 8.84 Å². The highest BCUT2D eigenvalue weighted by Gasteiger charge is 2.38. The summed E-state index contributed by atoms with van der Waals surface area (Å²) in [5.74, 6) is 0.956. The summed E-state index contributed by atoms with van der Waals surface area (Å²) in [6, 6.07) is 15.9. The van der Waals surface area contributed by atoms with Crippen molar-refractivity contribution in [2.45, 2.75) is 58.9 Å². The van der Waals surface area contributed by atoms with Crippen molar-refractivity contribution in [2.24, 2.45) is 0 Å². The van der Waals surface area contributed by atoms with Crippen molar-refractivity contribution in [3.8, 4) is 17.2 Å². The highest BCUT2D eigenvalue weighted by Crippen LogP contribution is 2.37. The molecule has 36 heavy (non-hydrogen) atoms. The molecule has 0 aliphatic rings. The largest absolute Gasteiger partial charge is 0.543 e. The number of nitrogens with zero attached hydrogens (tertiary/aromatic N) is 4. The number of rotatable bonds is 8. The van der Waals surface area contributed by atoms with Crippen LogP contribution in [0.2, 0.25) is 18.1 Å². The van der Waals surface area contributed by atoms with E-state index in [1.165, 1.54) is 6.26 Å². The van der Waals surface area contributed by atoms with Gasteiger partial charge in [-0.05, 0) is 54.9 Å². The molecule has 4 aromatic rings. The van der Waals surface area contributed by atoms with Crippen molar-refractivity contribution in [2.75, 3.05) is 0 Å². The molecule has 0 saturated carbocycles. The van der Waals surface area contributed by atoms with Gasteiger partial charge in [0.25, 0.3) is 5.91 Å². The first kappa shape index (κ1) is 25.4. The molecule has 4 rings (SSSR count). The Balaban J connectivity index is 1.34. The van der Waals surface area contributed by atoms with E-state index in [0.29, 0.717) is 18.1 Å². The average molecular weight is 504 g/mol. The predicted octanol–water partition coefficient (Wildman–Crippen LogP) is 5.60. The first-order valence-corrected chi connectivity index (χ1v) is 14.9. The third kappa shape index (κ3) is 6.09. The molecule has 0 aliphatic carbocycles. The fourth-order valence-corrected chi connectivity index (χ4v) is 4.33. The van der Waals surface area contributed by atoms with Crippen LogP contribution in [0.1, 0.15) is 48.1 Å². The normalized spacial score (nSPS) is 11.9. The van der Waals surface area contributed by atoms with Crippen molar-refractivity contribution >= 4 is 14.2 Å². The molecular weight excluding hydrogens is 470 g/mol.